The van der Waals surface area contributed by atoms with E-state index in [1.807, 2.05) is 30.1 Å². The third-order valence-corrected chi connectivity index (χ3v) is 6.66. The zero-order valence-electron chi connectivity index (χ0n) is 15.5. The lowest BCUT2D eigenvalue weighted by Crippen LogP contribution is -2.29. The molecule has 0 bridgehead atoms. The van der Waals surface area contributed by atoms with Gasteiger partial charge in [-0.05, 0) is 73.7 Å². The van der Waals surface area contributed by atoms with Gasteiger partial charge in [0.15, 0.2) is 0 Å². The highest BCUT2D eigenvalue weighted by Crippen LogP contribution is 2.42. The summed E-state index contributed by atoms with van der Waals surface area (Å²) in [6.45, 7) is 1.74. The third kappa shape index (κ3) is 3.61. The molecule has 2 aromatic carbocycles. The van der Waals surface area contributed by atoms with E-state index in [9.17, 15) is 4.79 Å². The SMILES string of the molecule is CN[C@H]1CC[C@@H](c2ccc(Cl)c(Cl)c2)c2ccc(C(=O)N3CCCC3)cc21. The van der Waals surface area contributed by atoms with Crippen LogP contribution in [-0.2, 0) is 0 Å². The molecule has 1 aliphatic carbocycles. The zero-order valence-corrected chi connectivity index (χ0v) is 17.0. The molecule has 0 spiro atoms. The minimum atomic E-state index is 0.154. The van der Waals surface area contributed by atoms with Gasteiger partial charge in [0.25, 0.3) is 5.91 Å². The fraction of sp³-hybridized carbons (Fsp3) is 0.409. The van der Waals surface area contributed by atoms with Gasteiger partial charge in [0, 0.05) is 30.6 Å². The van der Waals surface area contributed by atoms with Crippen molar-refractivity contribution < 1.29 is 4.79 Å². The number of rotatable bonds is 3. The first-order valence-corrected chi connectivity index (χ1v) is 10.4. The molecule has 1 N–H and O–H groups in total. The van der Waals surface area contributed by atoms with Crippen LogP contribution in [0.25, 0.3) is 0 Å². The van der Waals surface area contributed by atoms with Crippen LogP contribution in [-0.4, -0.2) is 30.9 Å². The van der Waals surface area contributed by atoms with E-state index in [1.165, 1.54) is 16.7 Å². The number of likely N-dealkylation sites (tertiary alicyclic amines) is 1. The Morgan fingerprint density at radius 1 is 1.00 bits per heavy atom. The normalized spacial score (nSPS) is 22.0. The first-order chi connectivity index (χ1) is 13.1. The van der Waals surface area contributed by atoms with Crippen molar-refractivity contribution in [2.45, 2.75) is 37.6 Å². The summed E-state index contributed by atoms with van der Waals surface area (Å²) < 4.78 is 0. The number of hydrogen-bond acceptors (Lipinski definition) is 2. The first kappa shape index (κ1) is 18.8. The average Bonchev–Trinajstić information content (AvgIpc) is 3.23. The van der Waals surface area contributed by atoms with Crippen LogP contribution in [0.1, 0.15) is 64.7 Å². The van der Waals surface area contributed by atoms with Crippen LogP contribution >= 0.6 is 23.2 Å². The summed E-state index contributed by atoms with van der Waals surface area (Å²) >= 11 is 12.4. The molecule has 2 aliphatic rings. The summed E-state index contributed by atoms with van der Waals surface area (Å²) in [4.78, 5) is 14.8. The number of carbonyl (C=O) groups excluding carboxylic acids is 1. The Morgan fingerprint density at radius 2 is 1.78 bits per heavy atom. The van der Waals surface area contributed by atoms with Gasteiger partial charge in [0.2, 0.25) is 0 Å². The lowest BCUT2D eigenvalue weighted by Gasteiger charge is -2.32. The van der Waals surface area contributed by atoms with E-state index in [0.29, 0.717) is 10.0 Å². The Morgan fingerprint density at radius 3 is 2.48 bits per heavy atom. The highest BCUT2D eigenvalue weighted by atomic mass is 35.5. The molecule has 27 heavy (non-hydrogen) atoms. The summed E-state index contributed by atoms with van der Waals surface area (Å²) in [6.07, 6.45) is 4.27. The molecule has 142 valence electrons. The summed E-state index contributed by atoms with van der Waals surface area (Å²) in [7, 11) is 1.99. The van der Waals surface area contributed by atoms with Crippen molar-refractivity contribution in [2.75, 3.05) is 20.1 Å². The Bertz CT molecular complexity index is 861. The monoisotopic (exact) mass is 402 g/mol. The van der Waals surface area contributed by atoms with E-state index >= 15 is 0 Å². The van der Waals surface area contributed by atoms with Gasteiger partial charge >= 0.3 is 0 Å². The van der Waals surface area contributed by atoms with Gasteiger partial charge in [0.1, 0.15) is 0 Å². The quantitative estimate of drug-likeness (QED) is 0.743. The average molecular weight is 403 g/mol. The number of hydrogen-bond donors (Lipinski definition) is 1. The maximum atomic E-state index is 12.8. The third-order valence-electron chi connectivity index (χ3n) is 5.92. The van der Waals surface area contributed by atoms with Crippen molar-refractivity contribution in [1.82, 2.24) is 10.2 Å². The second-order valence-electron chi connectivity index (χ2n) is 7.49. The lowest BCUT2D eigenvalue weighted by molar-refractivity contribution is 0.0792. The van der Waals surface area contributed by atoms with Crippen molar-refractivity contribution in [2.24, 2.45) is 0 Å². The van der Waals surface area contributed by atoms with E-state index < -0.39 is 0 Å². The molecule has 0 aromatic heterocycles. The van der Waals surface area contributed by atoms with E-state index in [-0.39, 0.29) is 17.9 Å². The lowest BCUT2D eigenvalue weighted by atomic mass is 9.76. The molecule has 1 fully saturated rings. The van der Waals surface area contributed by atoms with Gasteiger partial charge in [-0.25, -0.2) is 0 Å². The molecule has 0 radical (unpaired) electrons. The molecule has 5 heteroatoms. The maximum Gasteiger partial charge on any atom is 0.253 e. The van der Waals surface area contributed by atoms with Crippen LogP contribution in [0, 0.1) is 0 Å². The molecule has 0 saturated carbocycles. The number of benzene rings is 2. The summed E-state index contributed by atoms with van der Waals surface area (Å²) in [6, 6.07) is 12.4. The summed E-state index contributed by atoms with van der Waals surface area (Å²) in [5, 5.41) is 4.59. The Labute approximate surface area is 170 Å². The van der Waals surface area contributed by atoms with Crippen molar-refractivity contribution in [3.63, 3.8) is 0 Å². The topological polar surface area (TPSA) is 32.3 Å². The van der Waals surface area contributed by atoms with Crippen LogP contribution in [0.2, 0.25) is 10.0 Å². The number of fused-ring (bicyclic) bond motifs is 1. The summed E-state index contributed by atoms with van der Waals surface area (Å²) in [5.41, 5.74) is 4.48. The molecular formula is C22H24Cl2N2O. The van der Waals surface area contributed by atoms with Crippen molar-refractivity contribution >= 4 is 29.1 Å². The molecule has 2 atom stereocenters. The Balaban J connectivity index is 1.71. The van der Waals surface area contributed by atoms with Crippen LogP contribution < -0.4 is 5.32 Å². The summed E-state index contributed by atoms with van der Waals surface area (Å²) in [5.74, 6) is 0.428. The predicted molar refractivity (Wildman–Crippen MR) is 111 cm³/mol. The van der Waals surface area contributed by atoms with Gasteiger partial charge in [-0.1, -0.05) is 35.3 Å². The number of amides is 1. The molecule has 2 aromatic rings. The molecule has 1 aliphatic heterocycles. The molecule has 0 unspecified atom stereocenters. The van der Waals surface area contributed by atoms with Crippen LogP contribution in [0.5, 0.6) is 0 Å². The number of nitrogens with one attached hydrogen (secondary N) is 1. The molecule has 3 nitrogen and oxygen atoms in total. The van der Waals surface area contributed by atoms with Crippen molar-refractivity contribution in [3.8, 4) is 0 Å². The highest BCUT2D eigenvalue weighted by Gasteiger charge is 2.29. The maximum absolute atomic E-state index is 12.8. The molecular weight excluding hydrogens is 379 g/mol. The second kappa shape index (κ2) is 7.83. The fourth-order valence-corrected chi connectivity index (χ4v) is 4.76. The smallest absolute Gasteiger partial charge is 0.253 e. The van der Waals surface area contributed by atoms with E-state index in [0.717, 1.165) is 44.3 Å². The van der Waals surface area contributed by atoms with Gasteiger partial charge < -0.3 is 10.2 Å². The van der Waals surface area contributed by atoms with Crippen LogP contribution in [0.4, 0.5) is 0 Å². The fourth-order valence-electron chi connectivity index (χ4n) is 4.45. The molecule has 1 amide bonds. The number of nitrogens with zero attached hydrogens (tertiary/aromatic N) is 1. The van der Waals surface area contributed by atoms with E-state index in [4.69, 9.17) is 23.2 Å². The minimum Gasteiger partial charge on any atom is -0.339 e. The number of halogens is 2. The Hall–Kier alpha value is -1.55. The van der Waals surface area contributed by atoms with E-state index in [2.05, 4.69) is 23.5 Å². The number of carbonyl (C=O) groups is 1. The standard InChI is InChI=1S/C22H24Cl2N2O/c1-25-21-9-7-16(14-5-8-19(23)20(24)13-14)17-6-4-15(12-18(17)21)22(27)26-10-2-3-11-26/h4-6,8,12-13,16,21,25H,2-3,7,9-11H2,1H3/t16-,21-/m0/s1. The predicted octanol–water partition coefficient (Wildman–Crippen LogP) is 5.42. The zero-order chi connectivity index (χ0) is 19.0. The van der Waals surface area contributed by atoms with E-state index in [1.54, 1.807) is 0 Å². The second-order valence-corrected chi connectivity index (χ2v) is 8.30. The van der Waals surface area contributed by atoms with Crippen molar-refractivity contribution in [1.29, 1.82) is 0 Å². The molecule has 4 rings (SSSR count). The molecule has 1 heterocycles. The Kier molecular flexibility index (Phi) is 5.45. The van der Waals surface area contributed by atoms with Crippen LogP contribution in [0.3, 0.4) is 0 Å². The van der Waals surface area contributed by atoms with Crippen molar-refractivity contribution in [3.05, 3.63) is 68.7 Å². The largest absolute Gasteiger partial charge is 0.339 e. The van der Waals surface area contributed by atoms with Gasteiger partial charge in [0.05, 0.1) is 10.0 Å². The minimum absolute atomic E-state index is 0.154. The first-order valence-electron chi connectivity index (χ1n) is 9.64. The van der Waals surface area contributed by atoms with Gasteiger partial charge in [-0.3, -0.25) is 4.79 Å². The van der Waals surface area contributed by atoms with Gasteiger partial charge in [-0.15, -0.1) is 0 Å². The highest BCUT2D eigenvalue weighted by molar-refractivity contribution is 6.42. The van der Waals surface area contributed by atoms with Crippen LogP contribution in [0.15, 0.2) is 36.4 Å². The molecule has 1 saturated heterocycles. The van der Waals surface area contributed by atoms with Gasteiger partial charge in [-0.2, -0.15) is 0 Å².